The third-order valence-electron chi connectivity index (χ3n) is 5.70. The van der Waals surface area contributed by atoms with Crippen LogP contribution in [0.15, 0.2) is 41.5 Å². The Hall–Kier alpha value is -2.09. The van der Waals surface area contributed by atoms with E-state index in [2.05, 4.69) is 47.3 Å². The lowest BCUT2D eigenvalue weighted by Crippen LogP contribution is -2.07. The van der Waals surface area contributed by atoms with Crippen molar-refractivity contribution in [3.8, 4) is 5.69 Å². The number of nitrogens with zero attached hydrogens (tertiary/aromatic N) is 2. The first-order valence-electron chi connectivity index (χ1n) is 9.00. The fraction of sp³-hybridized carbons (Fsp3) is 0.381. The number of aromatic nitrogens is 1. The van der Waals surface area contributed by atoms with Crippen LogP contribution >= 0.6 is 0 Å². The van der Waals surface area contributed by atoms with Crippen molar-refractivity contribution >= 4 is 17.5 Å². The number of para-hydroxylation sites is 1. The molecule has 5 rings (SSSR count). The van der Waals surface area contributed by atoms with Crippen LogP contribution in [0, 0.1) is 0 Å². The summed E-state index contributed by atoms with van der Waals surface area (Å²) in [6.07, 6.45) is 15.7. The molecule has 0 N–H and O–H groups in total. The Kier molecular flexibility index (Phi) is 3.04. The quantitative estimate of drug-likeness (QED) is 0.655. The van der Waals surface area contributed by atoms with Gasteiger partial charge in [-0.15, -0.1) is 0 Å². The molecular weight excluding hydrogens is 280 g/mol. The summed E-state index contributed by atoms with van der Waals surface area (Å²) in [5.41, 5.74) is 8.04. The highest BCUT2D eigenvalue weighted by Crippen LogP contribution is 2.43. The van der Waals surface area contributed by atoms with Gasteiger partial charge in [0.1, 0.15) is 0 Å². The van der Waals surface area contributed by atoms with E-state index in [0.717, 1.165) is 12.8 Å². The van der Waals surface area contributed by atoms with Crippen LogP contribution < -0.4 is 0 Å². The maximum atomic E-state index is 4.96. The molecule has 0 saturated heterocycles. The van der Waals surface area contributed by atoms with Gasteiger partial charge in [0, 0.05) is 18.0 Å². The van der Waals surface area contributed by atoms with Gasteiger partial charge in [-0.2, -0.15) is 0 Å². The predicted octanol–water partition coefficient (Wildman–Crippen LogP) is 5.57. The number of benzene rings is 1. The average Bonchev–Trinajstić information content (AvgIpc) is 2.97. The van der Waals surface area contributed by atoms with Crippen LogP contribution in [0.2, 0.25) is 0 Å². The zero-order valence-electron chi connectivity index (χ0n) is 13.5. The monoisotopic (exact) mass is 302 g/mol. The summed E-state index contributed by atoms with van der Waals surface area (Å²) in [6, 6.07) is 9.06. The van der Waals surface area contributed by atoms with Crippen LogP contribution in [-0.4, -0.2) is 10.8 Å². The maximum Gasteiger partial charge on any atom is 0.0904 e. The number of aryl methyl sites for hydroxylation is 1. The van der Waals surface area contributed by atoms with Crippen molar-refractivity contribution in [1.82, 2.24) is 4.57 Å². The van der Waals surface area contributed by atoms with E-state index in [-0.39, 0.29) is 0 Å². The van der Waals surface area contributed by atoms with Crippen LogP contribution in [0.1, 0.15) is 61.3 Å². The van der Waals surface area contributed by atoms with Gasteiger partial charge < -0.3 is 4.57 Å². The van der Waals surface area contributed by atoms with Gasteiger partial charge in [0.2, 0.25) is 0 Å². The van der Waals surface area contributed by atoms with Gasteiger partial charge in [0.25, 0.3) is 0 Å². The summed E-state index contributed by atoms with van der Waals surface area (Å²) < 4.78 is 2.37. The molecule has 1 aromatic heterocycles. The second-order valence-electron chi connectivity index (χ2n) is 7.07. The number of hydrogen-bond acceptors (Lipinski definition) is 1. The number of allylic oxidation sites excluding steroid dienone is 2. The number of aliphatic imine (C=N–C) groups is 1. The van der Waals surface area contributed by atoms with E-state index in [1.54, 1.807) is 0 Å². The Labute approximate surface area is 137 Å². The molecule has 23 heavy (non-hydrogen) atoms. The van der Waals surface area contributed by atoms with Crippen LogP contribution in [0.25, 0.3) is 11.3 Å². The second kappa shape index (κ2) is 5.23. The Bertz CT molecular complexity index is 816. The molecule has 0 unspecified atom stereocenters. The second-order valence-corrected chi connectivity index (χ2v) is 7.07. The smallest absolute Gasteiger partial charge is 0.0904 e. The van der Waals surface area contributed by atoms with E-state index in [4.69, 9.17) is 4.99 Å². The average molecular weight is 302 g/mol. The number of fused-ring (bicyclic) bond motifs is 2. The van der Waals surface area contributed by atoms with E-state index >= 15 is 0 Å². The molecule has 116 valence electrons. The lowest BCUT2D eigenvalue weighted by Gasteiger charge is -2.24. The van der Waals surface area contributed by atoms with E-state index in [9.17, 15) is 0 Å². The van der Waals surface area contributed by atoms with Gasteiger partial charge in [-0.3, -0.25) is 4.99 Å². The third-order valence-corrected chi connectivity index (χ3v) is 5.70. The van der Waals surface area contributed by atoms with Crippen molar-refractivity contribution in [2.24, 2.45) is 4.99 Å². The molecule has 2 aromatic rings. The molecule has 0 bridgehead atoms. The van der Waals surface area contributed by atoms with Gasteiger partial charge in [-0.05, 0) is 54.9 Å². The minimum atomic E-state index is 0.685. The van der Waals surface area contributed by atoms with E-state index in [0.29, 0.717) is 5.92 Å². The Morgan fingerprint density at radius 1 is 1.04 bits per heavy atom. The largest absolute Gasteiger partial charge is 0.314 e. The van der Waals surface area contributed by atoms with Crippen molar-refractivity contribution < 1.29 is 0 Å². The van der Waals surface area contributed by atoms with Crippen LogP contribution in [-0.2, 0) is 6.42 Å². The van der Waals surface area contributed by atoms with Gasteiger partial charge in [-0.25, -0.2) is 0 Å². The minimum Gasteiger partial charge on any atom is -0.314 e. The first-order valence-corrected chi connectivity index (χ1v) is 9.00. The molecule has 1 aromatic carbocycles. The fourth-order valence-corrected chi connectivity index (χ4v) is 4.55. The molecule has 1 fully saturated rings. The molecule has 2 heteroatoms. The topological polar surface area (TPSA) is 17.3 Å². The summed E-state index contributed by atoms with van der Waals surface area (Å²) in [5.74, 6) is 0.685. The van der Waals surface area contributed by atoms with Crippen molar-refractivity contribution in [1.29, 1.82) is 0 Å². The van der Waals surface area contributed by atoms with E-state index in [1.807, 2.05) is 0 Å². The summed E-state index contributed by atoms with van der Waals surface area (Å²) in [6.45, 7) is 0. The van der Waals surface area contributed by atoms with Gasteiger partial charge in [0.05, 0.1) is 17.1 Å². The Balaban J connectivity index is 1.72. The number of rotatable bonds is 1. The highest BCUT2D eigenvalue weighted by atomic mass is 15.0. The van der Waals surface area contributed by atoms with Crippen LogP contribution in [0.5, 0.6) is 0 Å². The summed E-state index contributed by atoms with van der Waals surface area (Å²) in [4.78, 5) is 4.96. The molecule has 0 amide bonds. The molecular formula is C21H22N2. The van der Waals surface area contributed by atoms with Gasteiger partial charge in [0.15, 0.2) is 0 Å². The highest BCUT2D eigenvalue weighted by Gasteiger charge is 2.25. The zero-order valence-corrected chi connectivity index (χ0v) is 13.5. The standard InChI is InChI=1S/C21H22N2/c1-2-6-15(7-3-1)18-10-5-11-19-20(18)22-14-17-9-4-8-16-12-13-23(19)21(16)17/h5,9-15H,1-4,6-8H2. The minimum absolute atomic E-state index is 0.685. The first-order chi connectivity index (χ1) is 11.4. The Morgan fingerprint density at radius 2 is 1.96 bits per heavy atom. The molecule has 1 aliphatic heterocycles. The first kappa shape index (κ1) is 13.4. The molecule has 0 atom stereocenters. The maximum absolute atomic E-state index is 4.96. The molecule has 1 saturated carbocycles. The van der Waals surface area contributed by atoms with Crippen molar-refractivity contribution in [2.45, 2.75) is 50.9 Å². The SMILES string of the molecule is C1=Nc2c(C3CCCCC3)cccc2-n2ccc3c2C1=CCC3. The van der Waals surface area contributed by atoms with Crippen molar-refractivity contribution in [3.63, 3.8) is 0 Å². The van der Waals surface area contributed by atoms with Gasteiger partial charge >= 0.3 is 0 Å². The van der Waals surface area contributed by atoms with Crippen molar-refractivity contribution in [3.05, 3.63) is 53.4 Å². The number of hydrogen-bond donors (Lipinski definition) is 0. The predicted molar refractivity (Wildman–Crippen MR) is 96.0 cm³/mol. The summed E-state index contributed by atoms with van der Waals surface area (Å²) >= 11 is 0. The van der Waals surface area contributed by atoms with Gasteiger partial charge in [-0.1, -0.05) is 37.5 Å². The van der Waals surface area contributed by atoms with E-state index in [1.165, 1.54) is 65.9 Å². The van der Waals surface area contributed by atoms with Crippen LogP contribution in [0.3, 0.4) is 0 Å². The fourth-order valence-electron chi connectivity index (χ4n) is 4.55. The highest BCUT2D eigenvalue weighted by molar-refractivity contribution is 6.12. The molecule has 2 heterocycles. The third kappa shape index (κ3) is 2.04. The lowest BCUT2D eigenvalue weighted by molar-refractivity contribution is 0.444. The molecule has 0 radical (unpaired) electrons. The summed E-state index contributed by atoms with van der Waals surface area (Å²) in [5, 5.41) is 0. The van der Waals surface area contributed by atoms with Crippen LogP contribution in [0.4, 0.5) is 5.69 Å². The molecule has 2 aliphatic carbocycles. The normalized spacial score (nSPS) is 19.7. The lowest BCUT2D eigenvalue weighted by atomic mass is 9.83. The Morgan fingerprint density at radius 3 is 2.87 bits per heavy atom. The molecule has 3 aliphatic rings. The summed E-state index contributed by atoms with van der Waals surface area (Å²) in [7, 11) is 0. The molecule has 2 nitrogen and oxygen atoms in total. The molecule has 0 spiro atoms. The van der Waals surface area contributed by atoms with Crippen molar-refractivity contribution in [2.75, 3.05) is 0 Å². The zero-order chi connectivity index (χ0) is 15.2. The van der Waals surface area contributed by atoms with E-state index < -0.39 is 0 Å².